The number of para-hydroxylation sites is 3. The quantitative estimate of drug-likeness (QED) is 0.0513. The molecule has 5 rings (SSSR count). The minimum atomic E-state index is 0.180. The number of nitrogens with zero attached hydrogens (tertiary/aromatic N) is 3. The van der Waals surface area contributed by atoms with E-state index in [0.717, 1.165) is 22.1 Å². The molecule has 5 aromatic rings. The number of carbonyl (C=O) groups is 1. The van der Waals surface area contributed by atoms with Gasteiger partial charge in [-0.2, -0.15) is 6.42 Å². The van der Waals surface area contributed by atoms with Crippen LogP contribution in [-0.4, -0.2) is 21.1 Å². The Bertz CT molecular complexity index is 1830. The van der Waals surface area contributed by atoms with Crippen LogP contribution in [0.1, 0.15) is 131 Å². The topological polar surface area (TPSA) is 39.3 Å². The van der Waals surface area contributed by atoms with E-state index in [1.54, 1.807) is 0 Å². The monoisotopic (exact) mass is 738 g/mol. The van der Waals surface area contributed by atoms with Gasteiger partial charge in [0.25, 0.3) is 0 Å². The van der Waals surface area contributed by atoms with Gasteiger partial charge in [-0.15, -0.1) is 0 Å². The van der Waals surface area contributed by atoms with Gasteiger partial charge in [0.2, 0.25) is 0 Å². The molecule has 0 saturated carbocycles. The van der Waals surface area contributed by atoms with Gasteiger partial charge in [-0.3, -0.25) is 9.79 Å². The largest absolute Gasteiger partial charge is 0.343 e. The number of aliphatic imine (C=N–C) groups is 1. The van der Waals surface area contributed by atoms with Crippen molar-refractivity contribution in [2.75, 3.05) is 0 Å². The maximum absolute atomic E-state index is 12.3. The number of ketones is 1. The van der Waals surface area contributed by atoms with E-state index in [0.29, 0.717) is 30.1 Å². The number of aromatic nitrogens is 2. The van der Waals surface area contributed by atoms with Crippen molar-refractivity contribution < 1.29 is 19.8 Å². The fraction of sp³-hybridized carbons (Fsp3) is 0.362. The van der Waals surface area contributed by atoms with Crippen LogP contribution in [0, 0.1) is 23.2 Å². The third-order valence-corrected chi connectivity index (χ3v) is 10.2. The molecule has 4 nitrogen and oxygen atoms in total. The Hall–Kier alpha value is -4.08. The van der Waals surface area contributed by atoms with Gasteiger partial charge in [0.1, 0.15) is 0 Å². The minimum Gasteiger partial charge on any atom is -0.343 e. The molecule has 1 aromatic heterocycles. The second kappa shape index (κ2) is 19.1. The van der Waals surface area contributed by atoms with Crippen molar-refractivity contribution in [2.45, 2.75) is 98.8 Å². The molecule has 278 valence electrons. The molecule has 0 aliphatic rings. The Morgan fingerprint density at radius 1 is 0.635 bits per heavy atom. The van der Waals surface area contributed by atoms with Gasteiger partial charge in [-0.1, -0.05) is 55.5 Å². The summed E-state index contributed by atoms with van der Waals surface area (Å²) in [6, 6.07) is 32.6. The number of imidazole rings is 1. The van der Waals surface area contributed by atoms with E-state index in [9.17, 15) is 4.79 Å². The van der Waals surface area contributed by atoms with E-state index in [-0.39, 0.29) is 17.6 Å². The van der Waals surface area contributed by atoms with Crippen LogP contribution in [-0.2, 0) is 15.0 Å². The standard InChI is InChI=1S/C27H36N2.C20H22NO.Ni/c1-18(2)22-11-9-12-23(19(3)4)26(22)28-15-16-29(17-28)27-24(20(5)6)13-10-14-25(27)21(7)8;1-3-17(15-21-19-12-8-5-9-13-19)16(2)14-20(22)18-10-6-4-7-11-18;/h9-16,18-21H,1-8H3;4-13,15-17H,1,3,14H2,2H3;/q;-1;/t;16-,17?;/m.1./s1. The average molecular weight is 740 g/mol. The van der Waals surface area contributed by atoms with E-state index in [2.05, 4.69) is 132 Å². The molecule has 5 heteroatoms. The fourth-order valence-electron chi connectivity index (χ4n) is 6.65. The molecule has 1 heterocycles. The smallest absolute Gasteiger partial charge is 0.163 e. The molecule has 0 aliphatic carbocycles. The molecule has 0 saturated heterocycles. The van der Waals surface area contributed by atoms with Gasteiger partial charge in [-0.25, -0.2) is 0 Å². The zero-order valence-electron chi connectivity index (χ0n) is 32.6. The first-order valence-electron chi connectivity index (χ1n) is 18.8. The third kappa shape index (κ3) is 10.1. The van der Waals surface area contributed by atoms with Crippen LogP contribution in [0.5, 0.6) is 0 Å². The van der Waals surface area contributed by atoms with Crippen molar-refractivity contribution in [3.05, 3.63) is 149 Å². The van der Waals surface area contributed by atoms with Crippen LogP contribution in [0.15, 0.2) is 114 Å². The second-order valence-corrected chi connectivity index (χ2v) is 15.4. The predicted molar refractivity (Wildman–Crippen MR) is 217 cm³/mol. The summed E-state index contributed by atoms with van der Waals surface area (Å²) in [5.74, 6) is 2.34. The summed E-state index contributed by atoms with van der Waals surface area (Å²) in [7, 11) is 0. The summed E-state index contributed by atoms with van der Waals surface area (Å²) in [4.78, 5) is 16.8. The molecule has 0 radical (unpaired) electrons. The summed E-state index contributed by atoms with van der Waals surface area (Å²) in [6.45, 7) is 24.2. The van der Waals surface area contributed by atoms with E-state index in [4.69, 9.17) is 15.0 Å². The van der Waals surface area contributed by atoms with Crippen molar-refractivity contribution >= 4 is 17.7 Å². The molecule has 0 amide bonds. The first kappa shape index (κ1) is 40.7. The van der Waals surface area contributed by atoms with Crippen LogP contribution in [0.25, 0.3) is 11.4 Å². The van der Waals surface area contributed by atoms with Crippen LogP contribution < -0.4 is 0 Å². The van der Waals surface area contributed by atoms with Crippen LogP contribution in [0.2, 0.25) is 0 Å². The second-order valence-electron chi connectivity index (χ2n) is 15.0. The molecule has 0 aliphatic heterocycles. The number of rotatable bonds is 13. The molecule has 0 fully saturated rings. The van der Waals surface area contributed by atoms with Gasteiger partial charge in [-0.05, 0) is 24.0 Å². The molecule has 0 spiro atoms. The van der Waals surface area contributed by atoms with E-state index < -0.39 is 0 Å². The SMILES string of the molecule is CC(C)c1cccc(C(C)C)c1-n1ccn(-c2c(C(C)C)cccc2C(C)C)[c]1=[Ni].[CH2-]CC(C=Nc1ccccc1)[C@H](C)CC(=O)c1ccccc1. The van der Waals surface area contributed by atoms with E-state index >= 15 is 0 Å². The maximum Gasteiger partial charge on any atom is 0.163 e. The maximum atomic E-state index is 12.3. The summed E-state index contributed by atoms with van der Waals surface area (Å²) < 4.78 is 5.36. The van der Waals surface area contributed by atoms with Crippen LogP contribution in [0.3, 0.4) is 0 Å². The Morgan fingerprint density at radius 3 is 1.42 bits per heavy atom. The molecular weight excluding hydrogens is 681 g/mol. The van der Waals surface area contributed by atoms with E-state index in [1.807, 2.05) is 66.9 Å². The molecule has 1 unspecified atom stereocenters. The number of benzene rings is 4. The normalized spacial score (nSPS) is 12.8. The first-order valence-corrected chi connectivity index (χ1v) is 19.3. The molecule has 52 heavy (non-hydrogen) atoms. The third-order valence-electron chi connectivity index (χ3n) is 9.74. The average Bonchev–Trinajstić information content (AvgIpc) is 3.52. The zero-order chi connectivity index (χ0) is 37.9. The Labute approximate surface area is 321 Å². The number of carbonyl (C=O) groups excluding carboxylic acids is 1. The fourth-order valence-corrected chi connectivity index (χ4v) is 7.02. The van der Waals surface area contributed by atoms with Crippen molar-refractivity contribution in [2.24, 2.45) is 16.8 Å². The van der Waals surface area contributed by atoms with Gasteiger partial charge in [0, 0.05) is 18.2 Å². The molecule has 0 bridgehead atoms. The summed E-state index contributed by atoms with van der Waals surface area (Å²) in [5.41, 5.74) is 9.63. The predicted octanol–water partition coefficient (Wildman–Crippen LogP) is 13.0. The summed E-state index contributed by atoms with van der Waals surface area (Å²) in [6.07, 6.45) is 7.51. The first-order chi connectivity index (χ1) is 24.8. The molecular formula is C47H58N3NiO-. The molecule has 0 N–H and O–H groups in total. The van der Waals surface area contributed by atoms with Crippen molar-refractivity contribution in [3.63, 3.8) is 0 Å². The van der Waals surface area contributed by atoms with Crippen molar-refractivity contribution in [1.82, 2.24) is 9.13 Å². The number of Topliss-reactive ketones (excluding diaryl/α,β-unsaturated/α-hetero) is 1. The number of hydrogen-bond acceptors (Lipinski definition) is 2. The van der Waals surface area contributed by atoms with Crippen LogP contribution >= 0.6 is 0 Å². The zero-order valence-corrected chi connectivity index (χ0v) is 33.6. The summed E-state index contributed by atoms with van der Waals surface area (Å²) >= 11 is 5.72. The van der Waals surface area contributed by atoms with E-state index in [1.165, 1.54) is 33.6 Å². The van der Waals surface area contributed by atoms with Gasteiger partial charge in [0.15, 0.2) is 5.78 Å². The minimum absolute atomic E-state index is 0.180. The van der Waals surface area contributed by atoms with Gasteiger partial charge < -0.3 is 6.92 Å². The van der Waals surface area contributed by atoms with Crippen LogP contribution in [0.4, 0.5) is 5.69 Å². The van der Waals surface area contributed by atoms with Gasteiger partial charge >= 0.3 is 190 Å². The van der Waals surface area contributed by atoms with Gasteiger partial charge in [0.05, 0.1) is 5.69 Å². The Balaban J connectivity index is 0.000000244. The number of hydrogen-bond donors (Lipinski definition) is 0. The molecule has 4 aromatic carbocycles. The Kier molecular flexibility index (Phi) is 15.0. The molecule has 2 atom stereocenters. The van der Waals surface area contributed by atoms with Crippen molar-refractivity contribution in [3.8, 4) is 11.4 Å². The Morgan fingerprint density at radius 2 is 1.04 bits per heavy atom. The van der Waals surface area contributed by atoms with Crippen molar-refractivity contribution in [1.29, 1.82) is 0 Å². The summed E-state index contributed by atoms with van der Waals surface area (Å²) in [5, 5.41) is 0.